The van der Waals surface area contributed by atoms with Crippen molar-refractivity contribution in [3.05, 3.63) is 30.0 Å². The summed E-state index contributed by atoms with van der Waals surface area (Å²) in [7, 11) is 0. The van der Waals surface area contributed by atoms with Crippen molar-refractivity contribution in [3.63, 3.8) is 0 Å². The van der Waals surface area contributed by atoms with Crippen molar-refractivity contribution in [2.45, 2.75) is 82.9 Å². The highest BCUT2D eigenvalue weighted by Gasteiger charge is 2.53. The Kier molecular flexibility index (Phi) is 6.90. The highest BCUT2D eigenvalue weighted by Crippen LogP contribution is 2.54. The minimum atomic E-state index is -1.11. The molecule has 3 unspecified atom stereocenters. The largest absolute Gasteiger partial charge is 0.480 e. The Labute approximate surface area is 210 Å². The van der Waals surface area contributed by atoms with Gasteiger partial charge in [0.2, 0.25) is 0 Å². The molecule has 36 heavy (non-hydrogen) atoms. The van der Waals surface area contributed by atoms with E-state index in [0.29, 0.717) is 29.9 Å². The first kappa shape index (κ1) is 24.6. The van der Waals surface area contributed by atoms with Gasteiger partial charge in [-0.2, -0.15) is 5.10 Å². The molecular formula is C27H36N4O5. The molecule has 0 saturated heterocycles. The van der Waals surface area contributed by atoms with E-state index in [9.17, 15) is 14.4 Å². The third kappa shape index (κ3) is 5.06. The number of unbranched alkanes of at least 4 members (excludes halogenated alkanes) is 2. The quantitative estimate of drug-likeness (QED) is 0.449. The molecule has 6 rings (SSSR count). The maximum atomic E-state index is 13.6. The van der Waals surface area contributed by atoms with Crippen LogP contribution in [0.5, 0.6) is 0 Å². The first-order valence-electron chi connectivity index (χ1n) is 13.3. The molecule has 4 aliphatic rings. The molecule has 194 valence electrons. The Morgan fingerprint density at radius 2 is 1.86 bits per heavy atom. The number of alkyl carbamates (subject to hydrolysis) is 1. The van der Waals surface area contributed by atoms with Gasteiger partial charge in [0.05, 0.1) is 5.52 Å². The molecule has 0 spiro atoms. The summed E-state index contributed by atoms with van der Waals surface area (Å²) in [4.78, 5) is 36.9. The van der Waals surface area contributed by atoms with Gasteiger partial charge < -0.3 is 20.5 Å². The summed E-state index contributed by atoms with van der Waals surface area (Å²) in [5.74, 6) is -0.0473. The number of hydrogen-bond acceptors (Lipinski definition) is 5. The summed E-state index contributed by atoms with van der Waals surface area (Å²) < 4.78 is 7.88. The molecule has 2 aromatic rings. The number of carboxylic acids is 1. The number of nitrogens with one attached hydrogen (secondary N) is 2. The summed E-state index contributed by atoms with van der Waals surface area (Å²) in [6, 6.07) is 7.74. The van der Waals surface area contributed by atoms with Crippen LogP contribution in [-0.4, -0.2) is 51.0 Å². The average molecular weight is 497 g/mol. The standard InChI is InChI=1S/C27H36N4O5/c1-2-3-6-9-31-22-8-5-4-7-20(22)24(30-31)25(34)29-21-15-27(36-26(35)28-16-23(32)33)13-17-10-18(14-27)12-19(21)11-17/h4-5,7-8,17-19,21H,2-3,6,9-16H2,1H3,(H,28,35)(H,29,34)(H,32,33). The molecule has 9 nitrogen and oxygen atoms in total. The minimum absolute atomic E-state index is 0.121. The first-order chi connectivity index (χ1) is 17.4. The molecule has 9 heteroatoms. The monoisotopic (exact) mass is 496 g/mol. The van der Waals surface area contributed by atoms with Gasteiger partial charge in [0.15, 0.2) is 5.69 Å². The van der Waals surface area contributed by atoms with Gasteiger partial charge in [0.25, 0.3) is 5.91 Å². The van der Waals surface area contributed by atoms with Gasteiger partial charge in [-0.15, -0.1) is 0 Å². The number of carbonyl (C=O) groups is 3. The smallest absolute Gasteiger partial charge is 0.408 e. The van der Waals surface area contributed by atoms with Crippen LogP contribution in [0.2, 0.25) is 0 Å². The summed E-state index contributed by atoms with van der Waals surface area (Å²) in [5.41, 5.74) is 0.732. The average Bonchev–Trinajstić information content (AvgIpc) is 3.12. The highest BCUT2D eigenvalue weighted by molar-refractivity contribution is 6.05. The van der Waals surface area contributed by atoms with E-state index in [1.807, 2.05) is 28.9 Å². The first-order valence-corrected chi connectivity index (χ1v) is 13.3. The van der Waals surface area contributed by atoms with Crippen LogP contribution in [0.15, 0.2) is 24.3 Å². The van der Waals surface area contributed by atoms with Crippen LogP contribution in [-0.2, 0) is 16.1 Å². The van der Waals surface area contributed by atoms with E-state index in [1.54, 1.807) is 0 Å². The second-order valence-electron chi connectivity index (χ2n) is 11.0. The molecule has 2 amide bonds. The Hall–Kier alpha value is -3.10. The number of aryl methyl sites for hydroxylation is 1. The van der Waals surface area contributed by atoms with Crippen LogP contribution < -0.4 is 10.6 Å². The van der Waals surface area contributed by atoms with Crippen molar-refractivity contribution in [3.8, 4) is 0 Å². The summed E-state index contributed by atoms with van der Waals surface area (Å²) in [5, 5.41) is 20.1. The minimum Gasteiger partial charge on any atom is -0.480 e. The molecule has 1 aromatic carbocycles. The normalized spacial score (nSPS) is 28.6. The number of amides is 2. The lowest BCUT2D eigenvalue weighted by atomic mass is 9.66. The fourth-order valence-electron chi connectivity index (χ4n) is 7.04. The van der Waals surface area contributed by atoms with E-state index in [1.165, 1.54) is 0 Å². The zero-order valence-electron chi connectivity index (χ0n) is 20.9. The van der Waals surface area contributed by atoms with Crippen LogP contribution in [0, 0.1) is 17.8 Å². The Morgan fingerprint density at radius 1 is 1.11 bits per heavy atom. The van der Waals surface area contributed by atoms with Crippen LogP contribution in [0.4, 0.5) is 4.79 Å². The predicted octanol–water partition coefficient (Wildman–Crippen LogP) is 4.10. The Balaban J connectivity index is 1.36. The number of fused-ring (bicyclic) bond motifs is 2. The van der Waals surface area contributed by atoms with E-state index in [-0.39, 0.29) is 11.9 Å². The van der Waals surface area contributed by atoms with E-state index in [2.05, 4.69) is 17.6 Å². The van der Waals surface area contributed by atoms with Crippen molar-refractivity contribution in [2.75, 3.05) is 6.54 Å². The molecule has 3 N–H and O–H groups in total. The zero-order chi connectivity index (χ0) is 25.3. The van der Waals surface area contributed by atoms with Crippen LogP contribution in [0.1, 0.15) is 75.2 Å². The summed E-state index contributed by atoms with van der Waals surface area (Å²) in [6.45, 7) is 2.47. The van der Waals surface area contributed by atoms with Gasteiger partial charge in [-0.05, 0) is 62.3 Å². The van der Waals surface area contributed by atoms with Gasteiger partial charge in [-0.3, -0.25) is 14.3 Å². The van der Waals surface area contributed by atoms with Crippen molar-refractivity contribution in [2.24, 2.45) is 17.8 Å². The van der Waals surface area contributed by atoms with Gasteiger partial charge in [0, 0.05) is 24.4 Å². The van der Waals surface area contributed by atoms with Gasteiger partial charge in [-0.25, -0.2) is 4.79 Å². The summed E-state index contributed by atoms with van der Waals surface area (Å²) >= 11 is 0. The van der Waals surface area contributed by atoms with Crippen molar-refractivity contribution in [1.82, 2.24) is 20.4 Å². The molecule has 4 fully saturated rings. The van der Waals surface area contributed by atoms with Crippen LogP contribution >= 0.6 is 0 Å². The zero-order valence-corrected chi connectivity index (χ0v) is 20.9. The Morgan fingerprint density at radius 3 is 2.58 bits per heavy atom. The third-order valence-corrected chi connectivity index (χ3v) is 8.28. The fourth-order valence-corrected chi connectivity index (χ4v) is 7.04. The lowest BCUT2D eigenvalue weighted by molar-refractivity contribution is -0.136. The number of rotatable bonds is 9. The number of para-hydroxylation sites is 1. The number of benzene rings is 1. The maximum absolute atomic E-state index is 13.6. The SMILES string of the molecule is CCCCCn1nc(C(=O)NC2CC3(OC(=O)NCC(=O)O)CC4CC(CC2C4)C3)c2ccccc21. The molecular weight excluding hydrogens is 460 g/mol. The van der Waals surface area contributed by atoms with Crippen LogP contribution in [0.25, 0.3) is 10.9 Å². The number of ether oxygens (including phenoxy) is 1. The number of hydrogen-bond donors (Lipinski definition) is 3. The molecule has 0 radical (unpaired) electrons. The topological polar surface area (TPSA) is 123 Å². The predicted molar refractivity (Wildman–Crippen MR) is 134 cm³/mol. The lowest BCUT2D eigenvalue weighted by Crippen LogP contribution is -2.47. The molecule has 3 atom stereocenters. The number of carboxylic acid groups (broad SMARTS) is 1. The maximum Gasteiger partial charge on any atom is 0.408 e. The van der Waals surface area contributed by atoms with Gasteiger partial charge >= 0.3 is 12.1 Å². The number of aliphatic carboxylic acids is 1. The lowest BCUT2D eigenvalue weighted by Gasteiger charge is -2.44. The van der Waals surface area contributed by atoms with Crippen molar-refractivity contribution >= 4 is 28.9 Å². The fraction of sp³-hybridized carbons (Fsp3) is 0.630. The van der Waals surface area contributed by atoms with Gasteiger partial charge in [0.1, 0.15) is 12.1 Å². The molecule has 1 aromatic heterocycles. The molecule has 4 bridgehead atoms. The highest BCUT2D eigenvalue weighted by atomic mass is 16.6. The number of nitrogens with zero attached hydrogens (tertiary/aromatic N) is 2. The van der Waals surface area contributed by atoms with E-state index < -0.39 is 24.2 Å². The number of carbonyl (C=O) groups excluding carboxylic acids is 2. The second kappa shape index (κ2) is 10.1. The van der Waals surface area contributed by atoms with Crippen LogP contribution in [0.3, 0.4) is 0 Å². The molecule has 0 aliphatic heterocycles. The second-order valence-corrected chi connectivity index (χ2v) is 11.0. The Bertz CT molecular complexity index is 1130. The molecule has 1 heterocycles. The molecule has 4 saturated carbocycles. The number of aromatic nitrogens is 2. The van der Waals surface area contributed by atoms with Gasteiger partial charge in [-0.1, -0.05) is 38.0 Å². The third-order valence-electron chi connectivity index (χ3n) is 8.28. The molecule has 4 aliphatic carbocycles. The van der Waals surface area contributed by atoms with Crippen molar-refractivity contribution < 1.29 is 24.2 Å². The van der Waals surface area contributed by atoms with Crippen molar-refractivity contribution in [1.29, 1.82) is 0 Å². The van der Waals surface area contributed by atoms with E-state index in [4.69, 9.17) is 14.9 Å². The summed E-state index contributed by atoms with van der Waals surface area (Å²) in [6.07, 6.45) is 7.78. The van der Waals surface area contributed by atoms with E-state index >= 15 is 0 Å². The van der Waals surface area contributed by atoms with E-state index in [0.717, 1.165) is 68.8 Å².